The summed E-state index contributed by atoms with van der Waals surface area (Å²) in [6.07, 6.45) is 3.98. The highest BCUT2D eigenvalue weighted by atomic mass is 19.1. The molecule has 0 aliphatic heterocycles. The van der Waals surface area contributed by atoms with Gasteiger partial charge in [-0.25, -0.2) is 4.39 Å². The minimum absolute atomic E-state index is 0.234. The van der Waals surface area contributed by atoms with Gasteiger partial charge >= 0.3 is 0 Å². The average Bonchev–Trinajstić information content (AvgIpc) is 2.78. The van der Waals surface area contributed by atoms with Gasteiger partial charge in [0.15, 0.2) is 11.5 Å². The molecule has 150 valence electrons. The standard InChI is InChI=1S/C26H22FNO2/c1-3-9-21-14-20(15-22(17-28)23-12-7-8-13-24(23)27)16-25(29-2)26(21)30-18-19-10-5-4-6-11-19/h3-8,10-16H,1,9,18H2,2H3. The van der Waals surface area contributed by atoms with Crippen LogP contribution in [0.25, 0.3) is 11.6 Å². The first-order chi connectivity index (χ1) is 14.7. The number of benzene rings is 3. The molecule has 0 spiro atoms. The molecule has 0 saturated heterocycles. The van der Waals surface area contributed by atoms with Crippen molar-refractivity contribution in [3.8, 4) is 17.6 Å². The number of ether oxygens (including phenoxy) is 2. The predicted octanol–water partition coefficient (Wildman–Crippen LogP) is 6.21. The maximum Gasteiger partial charge on any atom is 0.165 e. The van der Waals surface area contributed by atoms with Gasteiger partial charge in [0.1, 0.15) is 12.4 Å². The van der Waals surface area contributed by atoms with Crippen LogP contribution in [0.2, 0.25) is 0 Å². The van der Waals surface area contributed by atoms with E-state index in [1.54, 1.807) is 43.5 Å². The van der Waals surface area contributed by atoms with Gasteiger partial charge in [-0.1, -0.05) is 54.6 Å². The first kappa shape index (κ1) is 20.9. The molecule has 3 aromatic rings. The Balaban J connectivity index is 2.00. The second-order valence-electron chi connectivity index (χ2n) is 6.63. The number of rotatable bonds is 8. The van der Waals surface area contributed by atoms with E-state index in [1.165, 1.54) is 6.07 Å². The summed E-state index contributed by atoms with van der Waals surface area (Å²) in [7, 11) is 1.57. The van der Waals surface area contributed by atoms with Gasteiger partial charge in [-0.2, -0.15) is 5.26 Å². The van der Waals surface area contributed by atoms with E-state index >= 15 is 0 Å². The number of methoxy groups -OCH3 is 1. The molecule has 0 bridgehead atoms. The lowest BCUT2D eigenvalue weighted by molar-refractivity contribution is 0.282. The molecule has 3 rings (SSSR count). The van der Waals surface area contributed by atoms with Crippen molar-refractivity contribution in [2.75, 3.05) is 7.11 Å². The van der Waals surface area contributed by atoms with Crippen LogP contribution in [0, 0.1) is 17.1 Å². The Kier molecular flexibility index (Phi) is 7.02. The van der Waals surface area contributed by atoms with Crippen molar-refractivity contribution < 1.29 is 13.9 Å². The third-order valence-corrected chi connectivity index (χ3v) is 4.56. The minimum atomic E-state index is -0.439. The van der Waals surface area contributed by atoms with E-state index in [1.807, 2.05) is 36.4 Å². The Bertz CT molecular complexity index is 1100. The molecule has 3 nitrogen and oxygen atoms in total. The van der Waals surface area contributed by atoms with Gasteiger partial charge in [-0.3, -0.25) is 0 Å². The summed E-state index contributed by atoms with van der Waals surface area (Å²) in [5.41, 5.74) is 3.12. The Hall–Kier alpha value is -3.84. The fourth-order valence-corrected chi connectivity index (χ4v) is 3.14. The van der Waals surface area contributed by atoms with Crippen molar-refractivity contribution in [2.45, 2.75) is 13.0 Å². The summed E-state index contributed by atoms with van der Waals surface area (Å²) in [5.74, 6) is 0.733. The fourth-order valence-electron chi connectivity index (χ4n) is 3.14. The lowest BCUT2D eigenvalue weighted by Gasteiger charge is -2.16. The molecule has 0 fully saturated rings. The number of hydrogen-bond donors (Lipinski definition) is 0. The maximum absolute atomic E-state index is 14.2. The van der Waals surface area contributed by atoms with Crippen LogP contribution in [-0.4, -0.2) is 7.11 Å². The lowest BCUT2D eigenvalue weighted by atomic mass is 10.0. The smallest absolute Gasteiger partial charge is 0.165 e. The number of nitriles is 1. The van der Waals surface area contributed by atoms with Gasteiger partial charge < -0.3 is 9.47 Å². The number of allylic oxidation sites excluding steroid dienone is 2. The van der Waals surface area contributed by atoms with Crippen LogP contribution in [0.3, 0.4) is 0 Å². The van der Waals surface area contributed by atoms with Crippen molar-refractivity contribution in [1.29, 1.82) is 5.26 Å². The van der Waals surface area contributed by atoms with Crippen LogP contribution in [0.4, 0.5) is 4.39 Å². The zero-order valence-corrected chi connectivity index (χ0v) is 16.8. The molecule has 0 saturated carbocycles. The van der Waals surface area contributed by atoms with Gasteiger partial charge in [-0.05, 0) is 41.8 Å². The third kappa shape index (κ3) is 4.95. The van der Waals surface area contributed by atoms with Gasteiger partial charge in [0.25, 0.3) is 0 Å². The molecule has 0 radical (unpaired) electrons. The van der Waals surface area contributed by atoms with E-state index in [-0.39, 0.29) is 11.1 Å². The van der Waals surface area contributed by atoms with E-state index in [2.05, 4.69) is 12.6 Å². The maximum atomic E-state index is 14.2. The molecule has 0 heterocycles. The second-order valence-corrected chi connectivity index (χ2v) is 6.63. The van der Waals surface area contributed by atoms with Gasteiger partial charge in [-0.15, -0.1) is 6.58 Å². The molecule has 0 atom stereocenters. The molecule has 0 N–H and O–H groups in total. The summed E-state index contributed by atoms with van der Waals surface area (Å²) in [6.45, 7) is 4.22. The number of halogens is 1. The summed E-state index contributed by atoms with van der Waals surface area (Å²) >= 11 is 0. The van der Waals surface area contributed by atoms with Crippen molar-refractivity contribution in [1.82, 2.24) is 0 Å². The zero-order valence-electron chi connectivity index (χ0n) is 16.8. The topological polar surface area (TPSA) is 42.2 Å². The second kappa shape index (κ2) is 10.1. The SMILES string of the molecule is C=CCc1cc(C=C(C#N)c2ccccc2F)cc(OC)c1OCc1ccccc1. The van der Waals surface area contributed by atoms with Gasteiger partial charge in [0.2, 0.25) is 0 Å². The highest BCUT2D eigenvalue weighted by Gasteiger charge is 2.14. The number of hydrogen-bond acceptors (Lipinski definition) is 3. The van der Waals surface area contributed by atoms with Crippen molar-refractivity contribution in [3.63, 3.8) is 0 Å². The van der Waals surface area contributed by atoms with Crippen LogP contribution < -0.4 is 9.47 Å². The van der Waals surface area contributed by atoms with Crippen LogP contribution in [-0.2, 0) is 13.0 Å². The van der Waals surface area contributed by atoms with E-state index in [4.69, 9.17) is 9.47 Å². The Morgan fingerprint density at radius 2 is 1.83 bits per heavy atom. The van der Waals surface area contributed by atoms with Crippen LogP contribution in [0.1, 0.15) is 22.3 Å². The largest absolute Gasteiger partial charge is 0.493 e. The molecule has 30 heavy (non-hydrogen) atoms. The average molecular weight is 399 g/mol. The van der Waals surface area contributed by atoms with Crippen molar-refractivity contribution in [2.24, 2.45) is 0 Å². The van der Waals surface area contributed by atoms with E-state index < -0.39 is 5.82 Å². The Morgan fingerprint density at radius 3 is 2.50 bits per heavy atom. The van der Waals surface area contributed by atoms with Crippen LogP contribution in [0.5, 0.6) is 11.5 Å². The van der Waals surface area contributed by atoms with E-state index in [9.17, 15) is 9.65 Å². The van der Waals surface area contributed by atoms with Crippen molar-refractivity contribution in [3.05, 3.63) is 107 Å². The predicted molar refractivity (Wildman–Crippen MR) is 118 cm³/mol. The molecular weight excluding hydrogens is 377 g/mol. The molecule has 0 aromatic heterocycles. The number of nitrogens with zero attached hydrogens (tertiary/aromatic N) is 1. The third-order valence-electron chi connectivity index (χ3n) is 4.56. The highest BCUT2D eigenvalue weighted by Crippen LogP contribution is 2.35. The van der Waals surface area contributed by atoms with E-state index in [0.29, 0.717) is 24.5 Å². The van der Waals surface area contributed by atoms with Crippen molar-refractivity contribution >= 4 is 11.6 Å². The lowest BCUT2D eigenvalue weighted by Crippen LogP contribution is -2.01. The van der Waals surface area contributed by atoms with E-state index in [0.717, 1.165) is 16.7 Å². The van der Waals surface area contributed by atoms with Crippen LogP contribution >= 0.6 is 0 Å². The quantitative estimate of drug-likeness (QED) is 0.257. The normalized spacial score (nSPS) is 10.9. The molecular formula is C26H22FNO2. The monoisotopic (exact) mass is 399 g/mol. The summed E-state index contributed by atoms with van der Waals surface area (Å²) in [5, 5.41) is 9.57. The molecule has 0 unspecified atom stereocenters. The van der Waals surface area contributed by atoms with Gasteiger partial charge in [0.05, 0.1) is 18.8 Å². The highest BCUT2D eigenvalue weighted by molar-refractivity contribution is 5.90. The summed E-state index contributed by atoms with van der Waals surface area (Å²) in [4.78, 5) is 0. The summed E-state index contributed by atoms with van der Waals surface area (Å²) in [6, 6.07) is 21.9. The molecule has 0 aliphatic rings. The molecule has 4 heteroatoms. The summed E-state index contributed by atoms with van der Waals surface area (Å²) < 4.78 is 25.8. The zero-order chi connectivity index (χ0) is 21.3. The molecule has 3 aromatic carbocycles. The van der Waals surface area contributed by atoms with Gasteiger partial charge in [0, 0.05) is 11.1 Å². The first-order valence-electron chi connectivity index (χ1n) is 9.51. The molecule has 0 amide bonds. The Morgan fingerprint density at radius 1 is 1.10 bits per heavy atom. The van der Waals surface area contributed by atoms with Crippen LogP contribution in [0.15, 0.2) is 79.4 Å². The first-order valence-corrected chi connectivity index (χ1v) is 9.51. The minimum Gasteiger partial charge on any atom is -0.493 e. The fraction of sp³-hybridized carbons (Fsp3) is 0.115. The Labute approximate surface area is 176 Å². The molecule has 0 aliphatic carbocycles.